The van der Waals surface area contributed by atoms with Gasteiger partial charge in [0.2, 0.25) is 5.91 Å². The summed E-state index contributed by atoms with van der Waals surface area (Å²) < 4.78 is 5.48. The number of nitrogens with zero attached hydrogens (tertiary/aromatic N) is 3. The number of aryl methyl sites for hydroxylation is 1. The molecule has 4 rings (SSSR count). The van der Waals surface area contributed by atoms with Gasteiger partial charge in [0, 0.05) is 37.1 Å². The van der Waals surface area contributed by atoms with E-state index in [1.807, 2.05) is 36.4 Å². The van der Waals surface area contributed by atoms with Crippen molar-refractivity contribution < 1.29 is 19.1 Å². The Labute approximate surface area is 204 Å². The highest BCUT2D eigenvalue weighted by molar-refractivity contribution is 6.04. The number of para-hydroxylation sites is 1. The zero-order chi connectivity index (χ0) is 24.9. The highest BCUT2D eigenvalue weighted by Gasteiger charge is 2.27. The van der Waals surface area contributed by atoms with Crippen molar-refractivity contribution in [3.05, 3.63) is 70.9 Å². The van der Waals surface area contributed by atoms with Gasteiger partial charge in [0.25, 0.3) is 11.8 Å². The van der Waals surface area contributed by atoms with Crippen molar-refractivity contribution in [2.75, 3.05) is 33.3 Å². The Morgan fingerprint density at radius 1 is 0.971 bits per heavy atom. The van der Waals surface area contributed by atoms with Crippen LogP contribution in [-0.4, -0.2) is 65.8 Å². The maximum atomic E-state index is 13.1. The molecule has 3 amide bonds. The summed E-state index contributed by atoms with van der Waals surface area (Å²) in [6.45, 7) is 3.84. The summed E-state index contributed by atoms with van der Waals surface area (Å²) in [6, 6.07) is 15.0. The van der Waals surface area contributed by atoms with Crippen LogP contribution in [0.1, 0.15) is 45.3 Å². The molecule has 1 fully saturated rings. The summed E-state index contributed by atoms with van der Waals surface area (Å²) in [4.78, 5) is 46.3. The number of pyridine rings is 1. The molecule has 1 saturated heterocycles. The molecule has 3 aromatic rings. The molecule has 0 spiro atoms. The molecule has 1 aliphatic heterocycles. The lowest BCUT2D eigenvalue weighted by Gasteiger charge is -2.35. The highest BCUT2D eigenvalue weighted by Crippen LogP contribution is 2.31. The van der Waals surface area contributed by atoms with Gasteiger partial charge >= 0.3 is 0 Å². The van der Waals surface area contributed by atoms with Crippen LogP contribution >= 0.6 is 0 Å². The van der Waals surface area contributed by atoms with Crippen molar-refractivity contribution >= 4 is 28.6 Å². The van der Waals surface area contributed by atoms with Gasteiger partial charge in [-0.15, -0.1) is 0 Å². The number of primary amides is 1. The second-order valence-corrected chi connectivity index (χ2v) is 8.64. The second-order valence-electron chi connectivity index (χ2n) is 8.64. The van der Waals surface area contributed by atoms with E-state index in [2.05, 4.69) is 11.9 Å². The Hall–Kier alpha value is -3.94. The Balaban J connectivity index is 1.45. The normalized spacial score (nSPS) is 13.7. The van der Waals surface area contributed by atoms with Crippen molar-refractivity contribution in [3.8, 4) is 5.75 Å². The molecule has 0 atom stereocenters. The van der Waals surface area contributed by atoms with E-state index in [9.17, 15) is 14.4 Å². The molecular formula is C27H30N4O4. The molecule has 1 aliphatic rings. The number of carbonyl (C=O) groups is 3. The second kappa shape index (κ2) is 10.5. The number of benzene rings is 2. The smallest absolute Gasteiger partial charge is 0.254 e. The first-order chi connectivity index (χ1) is 16.9. The zero-order valence-electron chi connectivity index (χ0n) is 20.1. The zero-order valence-corrected chi connectivity index (χ0v) is 20.1. The molecular weight excluding hydrogens is 444 g/mol. The van der Waals surface area contributed by atoms with Crippen molar-refractivity contribution in [2.45, 2.75) is 26.2 Å². The Morgan fingerprint density at radius 3 is 2.26 bits per heavy atom. The number of rotatable bonds is 7. The van der Waals surface area contributed by atoms with Crippen LogP contribution in [0.25, 0.3) is 10.9 Å². The summed E-state index contributed by atoms with van der Waals surface area (Å²) in [7, 11) is 1.47. The van der Waals surface area contributed by atoms with Crippen molar-refractivity contribution in [3.63, 3.8) is 0 Å². The largest absolute Gasteiger partial charge is 0.495 e. The Bertz CT molecular complexity index is 1250. The fourth-order valence-corrected chi connectivity index (χ4v) is 4.52. The van der Waals surface area contributed by atoms with Gasteiger partial charge in [-0.25, -0.2) is 0 Å². The van der Waals surface area contributed by atoms with E-state index in [-0.39, 0.29) is 23.8 Å². The minimum Gasteiger partial charge on any atom is -0.495 e. The lowest BCUT2D eigenvalue weighted by molar-refractivity contribution is -0.132. The first-order valence-electron chi connectivity index (χ1n) is 11.8. The lowest BCUT2D eigenvalue weighted by atomic mass is 10.0. The first-order valence-corrected chi connectivity index (χ1v) is 11.8. The maximum Gasteiger partial charge on any atom is 0.254 e. The van der Waals surface area contributed by atoms with Crippen LogP contribution in [0.15, 0.2) is 48.5 Å². The van der Waals surface area contributed by atoms with E-state index in [0.29, 0.717) is 54.1 Å². The average molecular weight is 475 g/mol. The summed E-state index contributed by atoms with van der Waals surface area (Å²) in [6.07, 6.45) is 1.97. The predicted octanol–water partition coefficient (Wildman–Crippen LogP) is 2.82. The van der Waals surface area contributed by atoms with Gasteiger partial charge < -0.3 is 20.3 Å². The number of piperazine rings is 1. The molecule has 0 bridgehead atoms. The van der Waals surface area contributed by atoms with E-state index in [1.54, 1.807) is 21.9 Å². The van der Waals surface area contributed by atoms with Crippen LogP contribution in [0.5, 0.6) is 5.75 Å². The quantitative estimate of drug-likeness (QED) is 0.567. The first kappa shape index (κ1) is 24.2. The van der Waals surface area contributed by atoms with E-state index < -0.39 is 5.91 Å². The standard InChI is InChI=1S/C27H30N4O4/c1-3-6-18-9-11-19(12-10-18)27(34)31-15-13-30(14-16-31)23(32)17-22-24(26(28)33)25(35-2)20-7-4-5-8-21(20)29-22/h4-5,7-12H,3,6,13-17H2,1-2H3,(H2,28,33). The summed E-state index contributed by atoms with van der Waals surface area (Å²) in [5.74, 6) is -0.569. The number of amides is 3. The summed E-state index contributed by atoms with van der Waals surface area (Å²) in [5, 5.41) is 0.662. The van der Waals surface area contributed by atoms with E-state index in [1.165, 1.54) is 12.7 Å². The third-order valence-corrected chi connectivity index (χ3v) is 6.35. The number of nitrogens with two attached hydrogens (primary N) is 1. The predicted molar refractivity (Wildman–Crippen MR) is 133 cm³/mol. The van der Waals surface area contributed by atoms with E-state index in [4.69, 9.17) is 10.5 Å². The number of ether oxygens (including phenoxy) is 1. The number of methoxy groups -OCH3 is 1. The van der Waals surface area contributed by atoms with E-state index in [0.717, 1.165) is 12.8 Å². The van der Waals surface area contributed by atoms with Crippen molar-refractivity contribution in [1.82, 2.24) is 14.8 Å². The van der Waals surface area contributed by atoms with Crippen LogP contribution in [0, 0.1) is 0 Å². The third kappa shape index (κ3) is 5.11. The van der Waals surface area contributed by atoms with Gasteiger partial charge in [0.1, 0.15) is 11.3 Å². The summed E-state index contributed by atoms with van der Waals surface area (Å²) in [5.41, 5.74) is 8.56. The van der Waals surface area contributed by atoms with E-state index >= 15 is 0 Å². The van der Waals surface area contributed by atoms with Crippen molar-refractivity contribution in [2.24, 2.45) is 5.73 Å². The molecule has 35 heavy (non-hydrogen) atoms. The molecule has 8 heteroatoms. The number of aromatic nitrogens is 1. The molecule has 1 aromatic heterocycles. The van der Waals surface area contributed by atoms with Crippen LogP contribution < -0.4 is 10.5 Å². The number of hydrogen-bond donors (Lipinski definition) is 1. The SMILES string of the molecule is CCCc1ccc(C(=O)N2CCN(C(=O)Cc3nc4ccccc4c(OC)c3C(N)=O)CC2)cc1. The van der Waals surface area contributed by atoms with Gasteiger partial charge in [0.05, 0.1) is 24.7 Å². The van der Waals surface area contributed by atoms with Gasteiger partial charge in [-0.2, -0.15) is 0 Å². The fourth-order valence-electron chi connectivity index (χ4n) is 4.52. The summed E-state index contributed by atoms with van der Waals surface area (Å²) >= 11 is 0. The molecule has 2 N–H and O–H groups in total. The maximum absolute atomic E-state index is 13.1. The van der Waals surface area contributed by atoms with Crippen molar-refractivity contribution in [1.29, 1.82) is 0 Å². The average Bonchev–Trinajstić information content (AvgIpc) is 2.88. The Morgan fingerprint density at radius 2 is 1.63 bits per heavy atom. The van der Waals surface area contributed by atoms with Gasteiger partial charge in [-0.3, -0.25) is 19.4 Å². The fraction of sp³-hybridized carbons (Fsp3) is 0.333. The molecule has 0 saturated carbocycles. The molecule has 0 aliphatic carbocycles. The monoisotopic (exact) mass is 474 g/mol. The molecule has 0 unspecified atom stereocenters. The third-order valence-electron chi connectivity index (χ3n) is 6.35. The van der Waals surface area contributed by atoms with Crippen LogP contribution in [0.3, 0.4) is 0 Å². The van der Waals surface area contributed by atoms with Crippen LogP contribution in [0.4, 0.5) is 0 Å². The van der Waals surface area contributed by atoms with Gasteiger partial charge in [-0.1, -0.05) is 37.6 Å². The Kier molecular flexibility index (Phi) is 7.29. The molecule has 8 nitrogen and oxygen atoms in total. The topological polar surface area (TPSA) is 106 Å². The van der Waals surface area contributed by atoms with Gasteiger partial charge in [0.15, 0.2) is 0 Å². The van der Waals surface area contributed by atoms with Crippen LogP contribution in [-0.2, 0) is 17.6 Å². The molecule has 0 radical (unpaired) electrons. The molecule has 2 heterocycles. The molecule has 2 aromatic carbocycles. The van der Waals surface area contributed by atoms with Gasteiger partial charge in [-0.05, 0) is 36.2 Å². The number of fused-ring (bicyclic) bond motifs is 1. The molecule has 182 valence electrons. The number of hydrogen-bond acceptors (Lipinski definition) is 5. The minimum absolute atomic E-state index is 0.0305. The van der Waals surface area contributed by atoms with Crippen LogP contribution in [0.2, 0.25) is 0 Å². The highest BCUT2D eigenvalue weighted by atomic mass is 16.5. The lowest BCUT2D eigenvalue weighted by Crippen LogP contribution is -2.51. The minimum atomic E-state index is -0.691. The number of carbonyl (C=O) groups excluding carboxylic acids is 3.